The van der Waals surface area contributed by atoms with Crippen LogP contribution in [0.15, 0.2) is 60.7 Å². The summed E-state index contributed by atoms with van der Waals surface area (Å²) in [6.45, 7) is 1.46. The van der Waals surface area contributed by atoms with E-state index >= 15 is 0 Å². The fraction of sp³-hybridized carbons (Fsp3) is 0.200. The summed E-state index contributed by atoms with van der Waals surface area (Å²) in [6, 6.07) is 19.7. The second kappa shape index (κ2) is 7.47. The Morgan fingerprint density at radius 2 is 2.04 bits per heavy atom. The van der Waals surface area contributed by atoms with Gasteiger partial charge in [-0.1, -0.05) is 30.3 Å². The molecule has 1 saturated heterocycles. The van der Waals surface area contributed by atoms with Crippen molar-refractivity contribution in [2.45, 2.75) is 12.5 Å². The zero-order valence-electron chi connectivity index (χ0n) is 13.4. The van der Waals surface area contributed by atoms with Crippen molar-refractivity contribution in [2.24, 2.45) is 0 Å². The summed E-state index contributed by atoms with van der Waals surface area (Å²) in [5.41, 5.74) is 2.54. The summed E-state index contributed by atoms with van der Waals surface area (Å²) in [6.07, 6.45) is 4.29. The van der Waals surface area contributed by atoms with E-state index in [1.807, 2.05) is 47.4 Å². The first-order chi connectivity index (χ1) is 11.7. The lowest BCUT2D eigenvalue weighted by Crippen LogP contribution is -2.30. The number of anilines is 1. The zero-order chi connectivity index (χ0) is 16.8. The Morgan fingerprint density at radius 3 is 2.83 bits per heavy atom. The number of nitriles is 1. The van der Waals surface area contributed by atoms with Crippen LogP contribution in [0.4, 0.5) is 5.69 Å². The highest BCUT2D eigenvalue weighted by Gasteiger charge is 2.24. The molecule has 0 saturated carbocycles. The van der Waals surface area contributed by atoms with Crippen LogP contribution in [0, 0.1) is 11.3 Å². The minimum absolute atomic E-state index is 0.00900. The molecule has 0 spiro atoms. The second-order valence-electron chi connectivity index (χ2n) is 5.85. The minimum atomic E-state index is 0.00900. The lowest BCUT2D eigenvalue weighted by molar-refractivity contribution is -0.124. The maximum absolute atomic E-state index is 12.3. The number of para-hydroxylation sites is 1. The molecular formula is C20H19N3O. The van der Waals surface area contributed by atoms with Gasteiger partial charge in [0.2, 0.25) is 5.91 Å². The molecule has 1 fully saturated rings. The van der Waals surface area contributed by atoms with E-state index in [4.69, 9.17) is 5.26 Å². The van der Waals surface area contributed by atoms with E-state index in [2.05, 4.69) is 11.4 Å². The Morgan fingerprint density at radius 1 is 1.21 bits per heavy atom. The first kappa shape index (κ1) is 15.8. The van der Waals surface area contributed by atoms with E-state index in [0.29, 0.717) is 12.1 Å². The maximum Gasteiger partial charge on any atom is 0.246 e. The average molecular weight is 317 g/mol. The van der Waals surface area contributed by atoms with Crippen molar-refractivity contribution in [3.05, 3.63) is 71.8 Å². The number of amides is 1. The molecule has 2 aromatic rings. The van der Waals surface area contributed by atoms with Gasteiger partial charge < -0.3 is 10.2 Å². The molecule has 3 rings (SSSR count). The van der Waals surface area contributed by atoms with Gasteiger partial charge in [0.25, 0.3) is 0 Å². The van der Waals surface area contributed by atoms with Crippen LogP contribution in [-0.4, -0.2) is 29.9 Å². The van der Waals surface area contributed by atoms with Crippen molar-refractivity contribution >= 4 is 17.7 Å². The predicted molar refractivity (Wildman–Crippen MR) is 95.2 cm³/mol. The smallest absolute Gasteiger partial charge is 0.246 e. The first-order valence-electron chi connectivity index (χ1n) is 8.03. The van der Waals surface area contributed by atoms with Crippen LogP contribution in [-0.2, 0) is 4.79 Å². The Bertz CT molecular complexity index is 777. The van der Waals surface area contributed by atoms with Crippen molar-refractivity contribution in [3.63, 3.8) is 0 Å². The van der Waals surface area contributed by atoms with Gasteiger partial charge in [-0.3, -0.25) is 4.79 Å². The molecule has 0 aromatic heterocycles. The van der Waals surface area contributed by atoms with Gasteiger partial charge in [-0.15, -0.1) is 0 Å². The zero-order valence-corrected chi connectivity index (χ0v) is 13.4. The third kappa shape index (κ3) is 4.02. The van der Waals surface area contributed by atoms with Gasteiger partial charge >= 0.3 is 0 Å². The second-order valence-corrected chi connectivity index (χ2v) is 5.85. The largest absolute Gasteiger partial charge is 0.380 e. The number of hydrogen-bond acceptors (Lipinski definition) is 3. The van der Waals surface area contributed by atoms with Crippen LogP contribution in [0.2, 0.25) is 0 Å². The van der Waals surface area contributed by atoms with Crippen LogP contribution in [0.25, 0.3) is 6.08 Å². The Balaban J connectivity index is 1.56. The van der Waals surface area contributed by atoms with Crippen LogP contribution in [0.5, 0.6) is 0 Å². The molecule has 1 heterocycles. The number of likely N-dealkylation sites (tertiary alicyclic amines) is 1. The summed E-state index contributed by atoms with van der Waals surface area (Å²) in [4.78, 5) is 14.2. The number of nitrogens with zero attached hydrogens (tertiary/aromatic N) is 2. The van der Waals surface area contributed by atoms with Crippen molar-refractivity contribution in [3.8, 4) is 6.07 Å². The molecule has 1 aliphatic rings. The Kier molecular flexibility index (Phi) is 4.93. The van der Waals surface area contributed by atoms with Gasteiger partial charge in [0.05, 0.1) is 11.6 Å². The highest BCUT2D eigenvalue weighted by atomic mass is 16.2. The number of rotatable bonds is 4. The summed E-state index contributed by atoms with van der Waals surface area (Å²) < 4.78 is 0. The number of hydrogen-bond donors (Lipinski definition) is 1. The van der Waals surface area contributed by atoms with Gasteiger partial charge in [0, 0.05) is 30.9 Å². The van der Waals surface area contributed by atoms with Crippen LogP contribution >= 0.6 is 0 Å². The number of nitrogens with one attached hydrogen (secondary N) is 1. The molecule has 120 valence electrons. The van der Waals surface area contributed by atoms with Gasteiger partial charge in [-0.2, -0.15) is 5.26 Å². The van der Waals surface area contributed by atoms with Crippen molar-refractivity contribution < 1.29 is 4.79 Å². The predicted octanol–water partition coefficient (Wildman–Crippen LogP) is 3.28. The van der Waals surface area contributed by atoms with E-state index in [1.165, 1.54) is 0 Å². The number of carbonyl (C=O) groups is 1. The summed E-state index contributed by atoms with van der Waals surface area (Å²) in [7, 11) is 0. The van der Waals surface area contributed by atoms with Crippen LogP contribution in [0.3, 0.4) is 0 Å². The quantitative estimate of drug-likeness (QED) is 0.880. The highest BCUT2D eigenvalue weighted by Crippen LogP contribution is 2.16. The van der Waals surface area contributed by atoms with Crippen molar-refractivity contribution in [1.29, 1.82) is 5.26 Å². The van der Waals surface area contributed by atoms with Crippen LogP contribution in [0.1, 0.15) is 17.5 Å². The Labute approximate surface area is 142 Å². The average Bonchev–Trinajstić information content (AvgIpc) is 3.09. The molecule has 0 bridgehead atoms. The van der Waals surface area contributed by atoms with E-state index < -0.39 is 0 Å². The molecule has 1 atom stereocenters. The highest BCUT2D eigenvalue weighted by molar-refractivity contribution is 5.92. The molecule has 1 unspecified atom stereocenters. The van der Waals surface area contributed by atoms with E-state index in [0.717, 1.165) is 24.2 Å². The SMILES string of the molecule is N#Cc1cccc(/C=C/C(=O)N2CCC(Nc3ccccc3)C2)c1. The molecule has 2 aromatic carbocycles. The molecule has 0 radical (unpaired) electrons. The molecule has 1 N–H and O–H groups in total. The van der Waals surface area contributed by atoms with Crippen molar-refractivity contribution in [2.75, 3.05) is 18.4 Å². The monoisotopic (exact) mass is 317 g/mol. The fourth-order valence-electron chi connectivity index (χ4n) is 2.83. The first-order valence-corrected chi connectivity index (χ1v) is 8.03. The summed E-state index contributed by atoms with van der Waals surface area (Å²) in [5.74, 6) is 0.00900. The van der Waals surface area contributed by atoms with E-state index in [1.54, 1.807) is 24.3 Å². The number of benzene rings is 2. The third-order valence-electron chi connectivity index (χ3n) is 4.08. The summed E-state index contributed by atoms with van der Waals surface area (Å²) in [5, 5.41) is 12.4. The molecule has 1 aliphatic heterocycles. The molecular weight excluding hydrogens is 298 g/mol. The lowest BCUT2D eigenvalue weighted by atomic mass is 10.1. The van der Waals surface area contributed by atoms with Crippen molar-refractivity contribution in [1.82, 2.24) is 4.90 Å². The van der Waals surface area contributed by atoms with Gasteiger partial charge in [-0.05, 0) is 42.3 Å². The maximum atomic E-state index is 12.3. The van der Waals surface area contributed by atoms with E-state index in [9.17, 15) is 4.79 Å². The molecule has 4 heteroatoms. The lowest BCUT2D eigenvalue weighted by Gasteiger charge is -2.16. The van der Waals surface area contributed by atoms with E-state index in [-0.39, 0.29) is 11.9 Å². The summed E-state index contributed by atoms with van der Waals surface area (Å²) >= 11 is 0. The van der Waals surface area contributed by atoms with Gasteiger partial charge in [0.15, 0.2) is 0 Å². The minimum Gasteiger partial charge on any atom is -0.380 e. The fourth-order valence-corrected chi connectivity index (χ4v) is 2.83. The molecule has 24 heavy (non-hydrogen) atoms. The molecule has 1 amide bonds. The van der Waals surface area contributed by atoms with Gasteiger partial charge in [-0.25, -0.2) is 0 Å². The third-order valence-corrected chi connectivity index (χ3v) is 4.08. The standard InChI is InChI=1S/C20H19N3O/c21-14-17-6-4-5-16(13-17)9-10-20(24)23-12-11-19(15-23)22-18-7-2-1-3-8-18/h1-10,13,19,22H,11-12,15H2/b10-9+. The topological polar surface area (TPSA) is 56.1 Å². The normalized spacial score (nSPS) is 17.0. The number of carbonyl (C=O) groups excluding carboxylic acids is 1. The van der Waals surface area contributed by atoms with Crippen LogP contribution < -0.4 is 5.32 Å². The molecule has 4 nitrogen and oxygen atoms in total. The van der Waals surface area contributed by atoms with Gasteiger partial charge in [0.1, 0.15) is 0 Å². The Hall–Kier alpha value is -3.06. The molecule has 0 aliphatic carbocycles.